The lowest BCUT2D eigenvalue weighted by molar-refractivity contribution is -0.127. The molecular weight excluding hydrogens is 279 g/mol. The summed E-state index contributed by atoms with van der Waals surface area (Å²) in [6.45, 7) is 3.17. The largest absolute Gasteiger partial charge is 0.399 e. The fraction of sp³-hybridized carbons (Fsp3) is 0.500. The van der Waals surface area contributed by atoms with Gasteiger partial charge in [-0.3, -0.25) is 4.79 Å². The van der Waals surface area contributed by atoms with Crippen molar-refractivity contribution in [1.29, 1.82) is 0 Å². The Morgan fingerprint density at radius 1 is 1.33 bits per heavy atom. The molecule has 0 radical (unpaired) electrons. The van der Waals surface area contributed by atoms with E-state index in [1.54, 1.807) is 14.0 Å². The van der Waals surface area contributed by atoms with E-state index >= 15 is 0 Å². The Labute approximate surface area is 123 Å². The van der Waals surface area contributed by atoms with Crippen molar-refractivity contribution in [2.45, 2.75) is 13.0 Å². The first-order valence-corrected chi connectivity index (χ1v) is 6.58. The fourth-order valence-electron chi connectivity index (χ4n) is 1.48. The Balaban J connectivity index is 2.32. The van der Waals surface area contributed by atoms with E-state index < -0.39 is 17.8 Å². The van der Waals surface area contributed by atoms with Crippen molar-refractivity contribution < 1.29 is 23.4 Å². The minimum atomic E-state index is -0.725. The predicted octanol–water partition coefficient (Wildman–Crippen LogP) is 1.41. The molecule has 0 heterocycles. The van der Waals surface area contributed by atoms with Gasteiger partial charge in [0.25, 0.3) is 5.91 Å². The lowest BCUT2D eigenvalue weighted by Gasteiger charge is -2.14. The number of rotatable bonds is 9. The van der Waals surface area contributed by atoms with Gasteiger partial charge in [0.2, 0.25) is 0 Å². The van der Waals surface area contributed by atoms with Crippen molar-refractivity contribution in [2.75, 3.05) is 44.6 Å². The van der Waals surface area contributed by atoms with Crippen molar-refractivity contribution >= 4 is 17.3 Å². The summed E-state index contributed by atoms with van der Waals surface area (Å²) >= 11 is 0. The molecule has 0 spiro atoms. The number of ether oxygens (including phenoxy) is 3. The zero-order chi connectivity index (χ0) is 15.7. The van der Waals surface area contributed by atoms with Gasteiger partial charge in [0.15, 0.2) is 0 Å². The molecule has 3 N–H and O–H groups in total. The van der Waals surface area contributed by atoms with Crippen molar-refractivity contribution in [2.24, 2.45) is 0 Å². The van der Waals surface area contributed by atoms with E-state index in [9.17, 15) is 9.18 Å². The first-order chi connectivity index (χ1) is 10.0. The summed E-state index contributed by atoms with van der Waals surface area (Å²) in [6, 6.07) is 3.97. The van der Waals surface area contributed by atoms with Crippen LogP contribution in [0.25, 0.3) is 0 Å². The van der Waals surface area contributed by atoms with Crippen LogP contribution in [0.1, 0.15) is 6.92 Å². The topological polar surface area (TPSA) is 82.8 Å². The Morgan fingerprint density at radius 2 is 2.05 bits per heavy atom. The Bertz CT molecular complexity index is 457. The third-order valence-corrected chi connectivity index (χ3v) is 2.64. The van der Waals surface area contributed by atoms with Gasteiger partial charge < -0.3 is 25.3 Å². The van der Waals surface area contributed by atoms with Gasteiger partial charge in [-0.15, -0.1) is 0 Å². The first-order valence-electron chi connectivity index (χ1n) is 6.58. The van der Waals surface area contributed by atoms with Gasteiger partial charge in [-0.2, -0.15) is 0 Å². The lowest BCUT2D eigenvalue weighted by atomic mass is 10.2. The monoisotopic (exact) mass is 300 g/mol. The number of nitrogens with one attached hydrogen (secondary N) is 1. The highest BCUT2D eigenvalue weighted by atomic mass is 19.1. The van der Waals surface area contributed by atoms with Crippen LogP contribution < -0.4 is 11.1 Å². The molecule has 7 heteroatoms. The number of carbonyl (C=O) groups is 1. The van der Waals surface area contributed by atoms with E-state index in [1.165, 1.54) is 18.2 Å². The van der Waals surface area contributed by atoms with Crippen LogP contribution in [-0.2, 0) is 19.0 Å². The number of nitrogen functional groups attached to an aromatic ring is 1. The molecule has 21 heavy (non-hydrogen) atoms. The Hall–Kier alpha value is -1.70. The molecular formula is C14H21FN2O4. The van der Waals surface area contributed by atoms with Crippen LogP contribution in [0, 0.1) is 5.82 Å². The van der Waals surface area contributed by atoms with E-state index in [2.05, 4.69) is 5.32 Å². The molecule has 0 aliphatic heterocycles. The maximum atomic E-state index is 13.5. The molecule has 1 amide bonds. The molecule has 0 saturated carbocycles. The number of halogens is 1. The van der Waals surface area contributed by atoms with Gasteiger partial charge in [-0.25, -0.2) is 4.39 Å². The Kier molecular flexibility index (Phi) is 7.66. The molecule has 1 rings (SSSR count). The van der Waals surface area contributed by atoms with E-state index in [-0.39, 0.29) is 12.3 Å². The molecule has 0 aliphatic rings. The summed E-state index contributed by atoms with van der Waals surface area (Å²) in [5.41, 5.74) is 5.94. The zero-order valence-electron chi connectivity index (χ0n) is 12.2. The second-order valence-corrected chi connectivity index (χ2v) is 4.35. The minimum Gasteiger partial charge on any atom is -0.399 e. The normalized spacial score (nSPS) is 12.1. The van der Waals surface area contributed by atoms with Crippen LogP contribution in [0.2, 0.25) is 0 Å². The summed E-state index contributed by atoms with van der Waals surface area (Å²) < 4.78 is 28.8. The highest BCUT2D eigenvalue weighted by Crippen LogP contribution is 2.17. The summed E-state index contributed by atoms with van der Waals surface area (Å²) in [5, 5.41) is 2.43. The molecule has 0 saturated heterocycles. The van der Waals surface area contributed by atoms with Crippen LogP contribution in [0.3, 0.4) is 0 Å². The van der Waals surface area contributed by atoms with E-state index in [4.69, 9.17) is 19.9 Å². The van der Waals surface area contributed by atoms with Crippen LogP contribution in [0.15, 0.2) is 18.2 Å². The molecule has 1 atom stereocenters. The quantitative estimate of drug-likeness (QED) is 0.532. The highest BCUT2D eigenvalue weighted by molar-refractivity contribution is 5.94. The molecule has 0 fully saturated rings. The van der Waals surface area contributed by atoms with Crippen molar-refractivity contribution in [3.8, 4) is 0 Å². The summed E-state index contributed by atoms with van der Waals surface area (Å²) in [6.07, 6.45) is -0.725. The average molecular weight is 300 g/mol. The Morgan fingerprint density at radius 3 is 2.76 bits per heavy atom. The van der Waals surface area contributed by atoms with Crippen LogP contribution >= 0.6 is 0 Å². The van der Waals surface area contributed by atoms with Crippen LogP contribution in [0.5, 0.6) is 0 Å². The van der Waals surface area contributed by atoms with Gasteiger partial charge >= 0.3 is 0 Å². The van der Waals surface area contributed by atoms with Gasteiger partial charge in [-0.1, -0.05) is 0 Å². The molecule has 1 aromatic rings. The predicted molar refractivity (Wildman–Crippen MR) is 77.6 cm³/mol. The van der Waals surface area contributed by atoms with Gasteiger partial charge in [-0.05, 0) is 25.1 Å². The molecule has 6 nitrogen and oxygen atoms in total. The number of amides is 1. The molecule has 0 aromatic heterocycles. The molecule has 1 unspecified atom stereocenters. The maximum absolute atomic E-state index is 13.5. The third kappa shape index (κ3) is 6.52. The molecule has 118 valence electrons. The minimum absolute atomic E-state index is 0.0341. The van der Waals surface area contributed by atoms with Crippen molar-refractivity contribution in [1.82, 2.24) is 0 Å². The average Bonchev–Trinajstić information content (AvgIpc) is 2.46. The standard InChI is InChI=1S/C14H21FN2O4/c1-10(21-8-7-20-6-5-19-2)14(18)17-13-9-11(16)3-4-12(13)15/h3-4,9-10H,5-8,16H2,1-2H3,(H,17,18). The number of benzene rings is 1. The fourth-order valence-corrected chi connectivity index (χ4v) is 1.48. The number of carbonyl (C=O) groups excluding carboxylic acids is 1. The van der Waals surface area contributed by atoms with Gasteiger partial charge in [0, 0.05) is 12.8 Å². The van der Waals surface area contributed by atoms with E-state index in [0.29, 0.717) is 25.5 Å². The van der Waals surface area contributed by atoms with Gasteiger partial charge in [0.1, 0.15) is 11.9 Å². The van der Waals surface area contributed by atoms with Crippen LogP contribution in [0.4, 0.5) is 15.8 Å². The molecule has 0 aliphatic carbocycles. The number of methoxy groups -OCH3 is 1. The van der Waals surface area contributed by atoms with E-state index in [0.717, 1.165) is 0 Å². The summed E-state index contributed by atoms with van der Waals surface area (Å²) in [5.74, 6) is -0.996. The van der Waals surface area contributed by atoms with Crippen LogP contribution in [-0.4, -0.2) is 45.5 Å². The molecule has 0 bridgehead atoms. The van der Waals surface area contributed by atoms with E-state index in [1.807, 2.05) is 0 Å². The second-order valence-electron chi connectivity index (χ2n) is 4.35. The first kappa shape index (κ1) is 17.4. The molecule has 1 aromatic carbocycles. The van der Waals surface area contributed by atoms with Gasteiger partial charge in [0.05, 0.1) is 32.1 Å². The third-order valence-electron chi connectivity index (χ3n) is 2.64. The number of hydrogen-bond acceptors (Lipinski definition) is 5. The number of hydrogen-bond donors (Lipinski definition) is 2. The summed E-state index contributed by atoms with van der Waals surface area (Å²) in [4.78, 5) is 11.8. The number of anilines is 2. The van der Waals surface area contributed by atoms with Crippen molar-refractivity contribution in [3.05, 3.63) is 24.0 Å². The van der Waals surface area contributed by atoms with Crippen molar-refractivity contribution in [3.63, 3.8) is 0 Å². The lowest BCUT2D eigenvalue weighted by Crippen LogP contribution is -2.29. The smallest absolute Gasteiger partial charge is 0.253 e. The number of nitrogens with two attached hydrogens (primary N) is 1. The SMILES string of the molecule is COCCOCCOC(C)C(=O)Nc1cc(N)ccc1F. The highest BCUT2D eigenvalue weighted by Gasteiger charge is 2.15. The second kappa shape index (κ2) is 9.28. The maximum Gasteiger partial charge on any atom is 0.253 e. The zero-order valence-corrected chi connectivity index (χ0v) is 12.2. The summed E-state index contributed by atoms with van der Waals surface area (Å²) in [7, 11) is 1.59.